The normalized spacial score (nSPS) is 11.3. The summed E-state index contributed by atoms with van der Waals surface area (Å²) in [6, 6.07) is 8.41. The van der Waals surface area contributed by atoms with Crippen molar-refractivity contribution < 1.29 is 17.9 Å². The molecule has 0 spiro atoms. The summed E-state index contributed by atoms with van der Waals surface area (Å²) in [6.07, 6.45) is -2.92. The molecular weight excluding hydrogens is 257 g/mol. The number of benzene rings is 1. The lowest BCUT2D eigenvalue weighted by Crippen LogP contribution is -2.11. The van der Waals surface area contributed by atoms with Crippen LogP contribution in [-0.4, -0.2) is 4.98 Å². The third-order valence-electron chi connectivity index (χ3n) is 2.51. The third-order valence-corrected chi connectivity index (χ3v) is 2.51. The van der Waals surface area contributed by atoms with Crippen LogP contribution < -0.4 is 10.5 Å². The Morgan fingerprint density at radius 3 is 2.53 bits per heavy atom. The molecule has 0 radical (unpaired) electrons. The van der Waals surface area contributed by atoms with Gasteiger partial charge in [0.15, 0.2) is 11.6 Å². The first kappa shape index (κ1) is 13.2. The van der Waals surface area contributed by atoms with E-state index in [2.05, 4.69) is 4.98 Å². The van der Waals surface area contributed by atoms with Crippen LogP contribution in [0.4, 0.5) is 19.0 Å². The molecule has 1 heterocycles. The largest absolute Gasteiger partial charge is 0.485 e. The van der Waals surface area contributed by atoms with Crippen LogP contribution in [0.1, 0.15) is 11.1 Å². The molecule has 0 aliphatic carbocycles. The number of hydrogen-bond donors (Lipinski definition) is 1. The fourth-order valence-electron chi connectivity index (χ4n) is 1.60. The zero-order valence-corrected chi connectivity index (χ0v) is 9.82. The van der Waals surface area contributed by atoms with Gasteiger partial charge in [0.25, 0.3) is 0 Å². The smallest absolute Gasteiger partial charge is 0.416 e. The number of nitrogen functional groups attached to an aromatic ring is 1. The van der Waals surface area contributed by atoms with Crippen LogP contribution in [-0.2, 0) is 12.8 Å². The number of anilines is 1. The molecule has 6 heteroatoms. The molecule has 2 N–H and O–H groups in total. The molecule has 0 aliphatic rings. The summed E-state index contributed by atoms with van der Waals surface area (Å²) >= 11 is 0. The van der Waals surface area contributed by atoms with Gasteiger partial charge in [-0.25, -0.2) is 4.98 Å². The summed E-state index contributed by atoms with van der Waals surface area (Å²) in [5.74, 6) is 0.409. The van der Waals surface area contributed by atoms with Gasteiger partial charge in [0.2, 0.25) is 0 Å². The highest BCUT2D eigenvalue weighted by Crippen LogP contribution is 2.32. The quantitative estimate of drug-likeness (QED) is 0.929. The van der Waals surface area contributed by atoms with E-state index in [-0.39, 0.29) is 23.7 Å². The van der Waals surface area contributed by atoms with E-state index in [0.29, 0.717) is 0 Å². The lowest BCUT2D eigenvalue weighted by Gasteiger charge is -2.13. The standard InChI is InChI=1S/C13H11F3N2O/c14-13(15,16)10-5-2-1-4-9(10)8-19-11-6-3-7-18-12(11)17/h1-7H,8H2,(H2,17,18). The minimum absolute atomic E-state index is 0.0539. The first-order chi connectivity index (χ1) is 8.98. The fourth-order valence-corrected chi connectivity index (χ4v) is 1.60. The summed E-state index contributed by atoms with van der Waals surface area (Å²) in [7, 11) is 0. The van der Waals surface area contributed by atoms with Gasteiger partial charge in [-0.1, -0.05) is 18.2 Å². The van der Waals surface area contributed by atoms with E-state index >= 15 is 0 Å². The Bertz CT molecular complexity index is 570. The maximum Gasteiger partial charge on any atom is 0.416 e. The van der Waals surface area contributed by atoms with Gasteiger partial charge in [0, 0.05) is 11.8 Å². The van der Waals surface area contributed by atoms with Gasteiger partial charge < -0.3 is 10.5 Å². The summed E-state index contributed by atoms with van der Waals surface area (Å²) < 4.78 is 43.6. The highest BCUT2D eigenvalue weighted by molar-refractivity contribution is 5.45. The van der Waals surface area contributed by atoms with Crippen LogP contribution in [0.3, 0.4) is 0 Å². The Hall–Kier alpha value is -2.24. The van der Waals surface area contributed by atoms with E-state index in [9.17, 15) is 13.2 Å². The predicted octanol–water partition coefficient (Wildman–Crippen LogP) is 3.26. The number of ether oxygens (including phenoxy) is 1. The van der Waals surface area contributed by atoms with Crippen LogP contribution >= 0.6 is 0 Å². The molecule has 0 bridgehead atoms. The van der Waals surface area contributed by atoms with Crippen molar-refractivity contribution in [2.75, 3.05) is 5.73 Å². The molecule has 0 amide bonds. The van der Waals surface area contributed by atoms with Gasteiger partial charge in [-0.15, -0.1) is 0 Å². The average molecular weight is 268 g/mol. The van der Waals surface area contributed by atoms with E-state index in [0.717, 1.165) is 6.07 Å². The molecule has 2 aromatic rings. The Kier molecular flexibility index (Phi) is 3.59. The Morgan fingerprint density at radius 2 is 1.84 bits per heavy atom. The number of aromatic nitrogens is 1. The van der Waals surface area contributed by atoms with Crippen LogP contribution in [0, 0.1) is 0 Å². The summed E-state index contributed by atoms with van der Waals surface area (Å²) in [6.45, 7) is -0.217. The molecule has 0 fully saturated rings. The molecule has 0 unspecified atom stereocenters. The molecule has 100 valence electrons. The van der Waals surface area contributed by atoms with Crippen molar-refractivity contribution in [3.63, 3.8) is 0 Å². The van der Waals surface area contributed by atoms with Gasteiger partial charge in [-0.05, 0) is 18.2 Å². The van der Waals surface area contributed by atoms with Crippen LogP contribution in [0.15, 0.2) is 42.6 Å². The van der Waals surface area contributed by atoms with Crippen molar-refractivity contribution in [2.24, 2.45) is 0 Å². The molecule has 0 saturated carbocycles. The maximum absolute atomic E-state index is 12.8. The molecular formula is C13H11F3N2O. The average Bonchev–Trinajstić information content (AvgIpc) is 2.37. The first-order valence-corrected chi connectivity index (χ1v) is 5.47. The highest BCUT2D eigenvalue weighted by atomic mass is 19.4. The number of alkyl halides is 3. The van der Waals surface area contributed by atoms with Crippen molar-refractivity contribution in [3.05, 3.63) is 53.7 Å². The van der Waals surface area contributed by atoms with E-state index in [1.165, 1.54) is 24.4 Å². The van der Waals surface area contributed by atoms with Gasteiger partial charge >= 0.3 is 6.18 Å². The molecule has 2 rings (SSSR count). The van der Waals surface area contributed by atoms with Crippen molar-refractivity contribution in [2.45, 2.75) is 12.8 Å². The second-order valence-electron chi connectivity index (χ2n) is 3.83. The number of hydrogen-bond acceptors (Lipinski definition) is 3. The number of pyridine rings is 1. The zero-order chi connectivity index (χ0) is 13.9. The number of nitrogens with zero attached hydrogens (tertiary/aromatic N) is 1. The molecule has 0 saturated heterocycles. The van der Waals surface area contributed by atoms with Gasteiger partial charge in [0.05, 0.1) is 5.56 Å². The zero-order valence-electron chi connectivity index (χ0n) is 9.82. The van der Waals surface area contributed by atoms with E-state index in [1.54, 1.807) is 12.1 Å². The lowest BCUT2D eigenvalue weighted by atomic mass is 10.1. The minimum atomic E-state index is -4.40. The monoisotopic (exact) mass is 268 g/mol. The number of rotatable bonds is 3. The molecule has 1 aromatic carbocycles. The van der Waals surface area contributed by atoms with Crippen LogP contribution in [0.5, 0.6) is 5.75 Å². The fraction of sp³-hybridized carbons (Fsp3) is 0.154. The Morgan fingerprint density at radius 1 is 1.11 bits per heavy atom. The first-order valence-electron chi connectivity index (χ1n) is 5.47. The molecule has 3 nitrogen and oxygen atoms in total. The van der Waals surface area contributed by atoms with E-state index in [4.69, 9.17) is 10.5 Å². The highest BCUT2D eigenvalue weighted by Gasteiger charge is 2.32. The van der Waals surface area contributed by atoms with Gasteiger partial charge in [0.1, 0.15) is 6.61 Å². The second-order valence-corrected chi connectivity index (χ2v) is 3.83. The van der Waals surface area contributed by atoms with Crippen molar-refractivity contribution in [3.8, 4) is 5.75 Å². The predicted molar refractivity (Wildman–Crippen MR) is 64.4 cm³/mol. The van der Waals surface area contributed by atoms with Gasteiger partial charge in [-0.3, -0.25) is 0 Å². The molecule has 0 aliphatic heterocycles. The van der Waals surface area contributed by atoms with Gasteiger partial charge in [-0.2, -0.15) is 13.2 Å². The third kappa shape index (κ3) is 3.15. The maximum atomic E-state index is 12.8. The number of halogens is 3. The summed E-state index contributed by atoms with van der Waals surface area (Å²) in [5.41, 5.74) is 4.89. The summed E-state index contributed by atoms with van der Waals surface area (Å²) in [5, 5.41) is 0. The van der Waals surface area contributed by atoms with E-state index < -0.39 is 11.7 Å². The number of nitrogens with two attached hydrogens (primary N) is 1. The van der Waals surface area contributed by atoms with Crippen LogP contribution in [0.2, 0.25) is 0 Å². The second kappa shape index (κ2) is 5.17. The Balaban J connectivity index is 2.19. The molecule has 1 aromatic heterocycles. The van der Waals surface area contributed by atoms with Crippen molar-refractivity contribution in [1.29, 1.82) is 0 Å². The SMILES string of the molecule is Nc1ncccc1OCc1ccccc1C(F)(F)F. The van der Waals surface area contributed by atoms with Crippen molar-refractivity contribution >= 4 is 5.82 Å². The lowest BCUT2D eigenvalue weighted by molar-refractivity contribution is -0.138. The van der Waals surface area contributed by atoms with Crippen molar-refractivity contribution in [1.82, 2.24) is 4.98 Å². The van der Waals surface area contributed by atoms with Crippen LogP contribution in [0.25, 0.3) is 0 Å². The summed E-state index contributed by atoms with van der Waals surface area (Å²) in [4.78, 5) is 3.79. The molecule has 0 atom stereocenters. The van der Waals surface area contributed by atoms with E-state index in [1.807, 2.05) is 0 Å². The molecule has 19 heavy (non-hydrogen) atoms. The topological polar surface area (TPSA) is 48.1 Å². The Labute approximate surface area is 107 Å². The minimum Gasteiger partial charge on any atom is -0.485 e.